The fraction of sp³-hybridized carbons (Fsp3) is 0. The van der Waals surface area contributed by atoms with Crippen molar-refractivity contribution in [3.63, 3.8) is 0 Å². The normalized spacial score (nSPS) is 8.64. The standard InChI is InChI=1S/C8H6N2O/c9-5-8(11)6-3-1-2-4-7(6)10/h1-4H,10H2. The first-order valence-electron chi connectivity index (χ1n) is 3.04. The van der Waals surface area contributed by atoms with Crippen molar-refractivity contribution in [1.29, 1.82) is 5.26 Å². The van der Waals surface area contributed by atoms with Crippen molar-refractivity contribution in [3.05, 3.63) is 29.8 Å². The molecule has 0 aliphatic rings. The molecule has 0 bridgehead atoms. The van der Waals surface area contributed by atoms with Crippen molar-refractivity contribution >= 4 is 11.5 Å². The largest absolute Gasteiger partial charge is 0.398 e. The summed E-state index contributed by atoms with van der Waals surface area (Å²) >= 11 is 0. The fourth-order valence-electron chi connectivity index (χ4n) is 0.764. The van der Waals surface area contributed by atoms with Gasteiger partial charge in [-0.2, -0.15) is 5.26 Å². The lowest BCUT2D eigenvalue weighted by molar-refractivity contribution is 0.105. The van der Waals surface area contributed by atoms with Crippen LogP contribution in [0.25, 0.3) is 0 Å². The molecule has 3 nitrogen and oxygen atoms in total. The summed E-state index contributed by atoms with van der Waals surface area (Å²) in [6, 6.07) is 8.00. The predicted octanol–water partition coefficient (Wildman–Crippen LogP) is 0.975. The van der Waals surface area contributed by atoms with Gasteiger partial charge in [0.1, 0.15) is 6.07 Å². The monoisotopic (exact) mass is 146 g/mol. The fourth-order valence-corrected chi connectivity index (χ4v) is 0.764. The number of Topliss-reactive ketones (excluding diaryl/α,β-unsaturated/α-hetero) is 1. The van der Waals surface area contributed by atoms with Gasteiger partial charge in [-0.25, -0.2) is 0 Å². The van der Waals surface area contributed by atoms with E-state index in [0.717, 1.165) is 0 Å². The van der Waals surface area contributed by atoms with E-state index >= 15 is 0 Å². The van der Waals surface area contributed by atoms with Gasteiger partial charge in [-0.05, 0) is 12.1 Å². The van der Waals surface area contributed by atoms with Crippen LogP contribution in [0.1, 0.15) is 10.4 Å². The molecule has 0 aliphatic carbocycles. The Bertz CT molecular complexity index is 325. The van der Waals surface area contributed by atoms with Crippen molar-refractivity contribution < 1.29 is 4.79 Å². The first-order chi connectivity index (χ1) is 5.25. The van der Waals surface area contributed by atoms with Crippen LogP contribution in [0, 0.1) is 11.3 Å². The highest BCUT2D eigenvalue weighted by molar-refractivity contribution is 6.10. The number of nitriles is 1. The average Bonchev–Trinajstić information content (AvgIpc) is 2.04. The predicted molar refractivity (Wildman–Crippen MR) is 40.8 cm³/mol. The quantitative estimate of drug-likeness (QED) is 0.364. The van der Waals surface area contributed by atoms with Crippen LogP contribution in [0.15, 0.2) is 24.3 Å². The zero-order chi connectivity index (χ0) is 8.27. The highest BCUT2D eigenvalue weighted by Crippen LogP contribution is 2.09. The number of nitrogens with zero attached hydrogens (tertiary/aromatic N) is 1. The van der Waals surface area contributed by atoms with Gasteiger partial charge in [0.15, 0.2) is 0 Å². The van der Waals surface area contributed by atoms with E-state index in [4.69, 9.17) is 11.0 Å². The number of carbonyl (C=O) groups excluding carboxylic acids is 1. The molecule has 0 heterocycles. The number of hydrogen-bond donors (Lipinski definition) is 1. The van der Waals surface area contributed by atoms with Gasteiger partial charge in [-0.15, -0.1) is 0 Å². The van der Waals surface area contributed by atoms with Crippen LogP contribution in [-0.4, -0.2) is 5.78 Å². The van der Waals surface area contributed by atoms with E-state index in [2.05, 4.69) is 0 Å². The lowest BCUT2D eigenvalue weighted by atomic mass is 10.1. The molecule has 0 fully saturated rings. The van der Waals surface area contributed by atoms with Crippen LogP contribution < -0.4 is 5.73 Å². The molecule has 54 valence electrons. The Kier molecular flexibility index (Phi) is 1.88. The van der Waals surface area contributed by atoms with E-state index in [1.165, 1.54) is 12.1 Å². The number of para-hydroxylation sites is 1. The molecule has 11 heavy (non-hydrogen) atoms. The van der Waals surface area contributed by atoms with Gasteiger partial charge in [0.2, 0.25) is 0 Å². The zero-order valence-corrected chi connectivity index (χ0v) is 5.74. The minimum absolute atomic E-state index is 0.273. The first kappa shape index (κ1) is 7.29. The summed E-state index contributed by atoms with van der Waals surface area (Å²) in [6.45, 7) is 0. The third-order valence-corrected chi connectivity index (χ3v) is 1.31. The second kappa shape index (κ2) is 2.84. The van der Waals surface area contributed by atoms with E-state index in [0.29, 0.717) is 5.69 Å². The molecule has 0 atom stereocenters. The minimum atomic E-state index is -0.594. The molecular weight excluding hydrogens is 140 g/mol. The molecule has 3 heteroatoms. The van der Waals surface area contributed by atoms with E-state index in [9.17, 15) is 4.79 Å². The minimum Gasteiger partial charge on any atom is -0.398 e. The lowest BCUT2D eigenvalue weighted by Crippen LogP contribution is -1.99. The second-order valence-corrected chi connectivity index (χ2v) is 2.03. The van der Waals surface area contributed by atoms with Crippen LogP contribution in [0.3, 0.4) is 0 Å². The van der Waals surface area contributed by atoms with Gasteiger partial charge in [0.25, 0.3) is 5.78 Å². The van der Waals surface area contributed by atoms with Crippen LogP contribution in [0.4, 0.5) is 5.69 Å². The summed E-state index contributed by atoms with van der Waals surface area (Å²) in [5.74, 6) is -0.594. The Morgan fingerprint density at radius 3 is 2.64 bits per heavy atom. The molecular formula is C8H6N2O. The maximum Gasteiger partial charge on any atom is 0.264 e. The topological polar surface area (TPSA) is 66.9 Å². The molecule has 0 spiro atoms. The molecule has 1 aromatic rings. The summed E-state index contributed by atoms with van der Waals surface area (Å²) in [7, 11) is 0. The van der Waals surface area contributed by atoms with Crippen LogP contribution >= 0.6 is 0 Å². The van der Waals surface area contributed by atoms with Gasteiger partial charge < -0.3 is 5.73 Å². The molecule has 0 radical (unpaired) electrons. The van der Waals surface area contributed by atoms with Crippen molar-refractivity contribution in [2.24, 2.45) is 0 Å². The Labute approximate surface area is 64.1 Å². The number of rotatable bonds is 1. The van der Waals surface area contributed by atoms with Crippen molar-refractivity contribution in [2.75, 3.05) is 5.73 Å². The number of hydrogen-bond acceptors (Lipinski definition) is 3. The summed E-state index contributed by atoms with van der Waals surface area (Å²) in [6.07, 6.45) is 0. The molecule has 0 aliphatic heterocycles. The number of nitrogens with two attached hydrogens (primary N) is 1. The highest BCUT2D eigenvalue weighted by atomic mass is 16.1. The zero-order valence-electron chi connectivity index (χ0n) is 5.74. The van der Waals surface area contributed by atoms with Gasteiger partial charge in [0, 0.05) is 5.69 Å². The van der Waals surface area contributed by atoms with Crippen molar-refractivity contribution in [1.82, 2.24) is 0 Å². The summed E-state index contributed by atoms with van der Waals surface area (Å²) in [5.41, 5.74) is 6.04. The van der Waals surface area contributed by atoms with Gasteiger partial charge in [-0.3, -0.25) is 4.79 Å². The summed E-state index contributed by atoms with van der Waals surface area (Å²) in [5, 5.41) is 8.26. The molecule has 1 rings (SSSR count). The van der Waals surface area contributed by atoms with E-state index < -0.39 is 5.78 Å². The smallest absolute Gasteiger partial charge is 0.264 e. The molecule has 0 saturated carbocycles. The third kappa shape index (κ3) is 1.36. The second-order valence-electron chi connectivity index (χ2n) is 2.03. The number of carbonyl (C=O) groups is 1. The number of ketones is 1. The molecule has 0 amide bonds. The van der Waals surface area contributed by atoms with Gasteiger partial charge >= 0.3 is 0 Å². The van der Waals surface area contributed by atoms with Gasteiger partial charge in [-0.1, -0.05) is 12.1 Å². The van der Waals surface area contributed by atoms with E-state index in [-0.39, 0.29) is 5.56 Å². The molecule has 0 unspecified atom stereocenters. The number of nitrogen functional groups attached to an aromatic ring is 1. The summed E-state index contributed by atoms with van der Waals surface area (Å²) < 4.78 is 0. The Morgan fingerprint density at radius 1 is 1.45 bits per heavy atom. The molecule has 2 N–H and O–H groups in total. The SMILES string of the molecule is N#CC(=O)c1ccccc1N. The van der Waals surface area contributed by atoms with Crippen LogP contribution in [0.5, 0.6) is 0 Å². The molecule has 0 saturated heterocycles. The van der Waals surface area contributed by atoms with Crippen molar-refractivity contribution in [2.45, 2.75) is 0 Å². The summed E-state index contributed by atoms with van der Waals surface area (Å²) in [4.78, 5) is 10.8. The first-order valence-corrected chi connectivity index (χ1v) is 3.04. The van der Waals surface area contributed by atoms with E-state index in [1.807, 2.05) is 0 Å². The number of benzene rings is 1. The highest BCUT2D eigenvalue weighted by Gasteiger charge is 2.05. The Balaban J connectivity index is 3.16. The Hall–Kier alpha value is -1.82. The third-order valence-electron chi connectivity index (χ3n) is 1.31. The maximum absolute atomic E-state index is 10.8. The van der Waals surface area contributed by atoms with Gasteiger partial charge in [0.05, 0.1) is 5.56 Å². The molecule has 1 aromatic carbocycles. The average molecular weight is 146 g/mol. The maximum atomic E-state index is 10.8. The lowest BCUT2D eigenvalue weighted by Gasteiger charge is -1.96. The van der Waals surface area contributed by atoms with Crippen molar-refractivity contribution in [3.8, 4) is 6.07 Å². The molecule has 0 aromatic heterocycles. The van der Waals surface area contributed by atoms with Crippen LogP contribution in [0.2, 0.25) is 0 Å². The van der Waals surface area contributed by atoms with Crippen LogP contribution in [-0.2, 0) is 0 Å². The van der Waals surface area contributed by atoms with E-state index in [1.54, 1.807) is 18.2 Å². The Morgan fingerprint density at radius 2 is 2.09 bits per heavy atom. The number of anilines is 1.